The molecule has 1 N–H and O–H groups in total. The molecule has 3 aromatic rings. The van der Waals surface area contributed by atoms with Gasteiger partial charge in [0.25, 0.3) is 0 Å². The van der Waals surface area contributed by atoms with Gasteiger partial charge >= 0.3 is 0 Å². The van der Waals surface area contributed by atoms with Gasteiger partial charge < -0.3 is 19.7 Å². The van der Waals surface area contributed by atoms with Gasteiger partial charge in [-0.05, 0) is 74.6 Å². The molecule has 0 radical (unpaired) electrons. The van der Waals surface area contributed by atoms with Crippen LogP contribution in [0.1, 0.15) is 19.5 Å². The molecule has 0 saturated heterocycles. The predicted octanol–water partition coefficient (Wildman–Crippen LogP) is 4.92. The highest BCUT2D eigenvalue weighted by molar-refractivity contribution is 5.63. The zero-order valence-electron chi connectivity index (χ0n) is 18.2. The fraction of sp³-hybridized carbons (Fsp3) is 0.333. The molecule has 0 atom stereocenters. The molecular weight excluding hydrogens is 376 g/mol. The van der Waals surface area contributed by atoms with E-state index in [4.69, 9.17) is 9.47 Å². The van der Waals surface area contributed by atoms with Crippen molar-refractivity contribution in [1.82, 2.24) is 14.9 Å². The number of aryl methyl sites for hydroxylation is 1. The Morgan fingerprint density at radius 3 is 2.20 bits per heavy atom. The normalized spacial score (nSPS) is 10.8. The van der Waals surface area contributed by atoms with Gasteiger partial charge in [-0.2, -0.15) is 0 Å². The summed E-state index contributed by atoms with van der Waals surface area (Å²) in [5.74, 6) is 2.25. The third-order valence-corrected chi connectivity index (χ3v) is 4.92. The van der Waals surface area contributed by atoms with Gasteiger partial charge in [-0.3, -0.25) is 0 Å². The zero-order valence-corrected chi connectivity index (χ0v) is 18.2. The number of benzene rings is 2. The van der Waals surface area contributed by atoms with E-state index in [0.717, 1.165) is 53.8 Å². The minimum Gasteiger partial charge on any atom is -0.497 e. The van der Waals surface area contributed by atoms with Gasteiger partial charge in [-0.15, -0.1) is 0 Å². The van der Waals surface area contributed by atoms with Crippen molar-refractivity contribution in [1.29, 1.82) is 0 Å². The molecule has 0 saturated carbocycles. The molecule has 0 spiro atoms. The minimum atomic E-state index is 0.566. The van der Waals surface area contributed by atoms with Crippen molar-refractivity contribution in [2.75, 3.05) is 38.7 Å². The van der Waals surface area contributed by atoms with E-state index in [1.165, 1.54) is 0 Å². The molecule has 0 amide bonds. The van der Waals surface area contributed by atoms with Crippen LogP contribution in [0.4, 0.5) is 11.6 Å². The summed E-state index contributed by atoms with van der Waals surface area (Å²) >= 11 is 0. The molecule has 0 unspecified atom stereocenters. The van der Waals surface area contributed by atoms with E-state index in [9.17, 15) is 0 Å². The maximum Gasteiger partial charge on any atom is 0.227 e. The predicted molar refractivity (Wildman–Crippen MR) is 122 cm³/mol. The first-order valence-corrected chi connectivity index (χ1v) is 10.3. The van der Waals surface area contributed by atoms with Crippen LogP contribution in [0.5, 0.6) is 11.5 Å². The first-order valence-electron chi connectivity index (χ1n) is 10.3. The van der Waals surface area contributed by atoms with Crippen molar-refractivity contribution >= 4 is 11.6 Å². The second kappa shape index (κ2) is 10.6. The summed E-state index contributed by atoms with van der Waals surface area (Å²) in [4.78, 5) is 11.5. The Morgan fingerprint density at radius 1 is 0.900 bits per heavy atom. The average Bonchev–Trinajstić information content (AvgIpc) is 2.77. The van der Waals surface area contributed by atoms with Crippen LogP contribution < -0.4 is 14.8 Å². The number of ether oxygens (including phenoxy) is 2. The topological polar surface area (TPSA) is 59.5 Å². The zero-order chi connectivity index (χ0) is 21.3. The quantitative estimate of drug-likeness (QED) is 0.515. The maximum absolute atomic E-state index is 5.85. The van der Waals surface area contributed by atoms with Crippen molar-refractivity contribution in [2.24, 2.45) is 0 Å². The Labute approximate surface area is 178 Å². The molecular formula is C24H30N4O2. The summed E-state index contributed by atoms with van der Waals surface area (Å²) in [6.45, 7) is 9.98. The average molecular weight is 407 g/mol. The minimum absolute atomic E-state index is 0.566. The summed E-state index contributed by atoms with van der Waals surface area (Å²) in [5.41, 5.74) is 3.69. The lowest BCUT2D eigenvalue weighted by Gasteiger charge is -2.18. The largest absolute Gasteiger partial charge is 0.497 e. The van der Waals surface area contributed by atoms with Crippen molar-refractivity contribution in [3.63, 3.8) is 0 Å². The summed E-state index contributed by atoms with van der Waals surface area (Å²) in [5, 5.41) is 3.29. The molecule has 1 aromatic heterocycles. The molecule has 6 heteroatoms. The monoisotopic (exact) mass is 406 g/mol. The Morgan fingerprint density at radius 2 is 1.57 bits per heavy atom. The number of nitrogens with one attached hydrogen (secondary N) is 1. The van der Waals surface area contributed by atoms with Gasteiger partial charge in [-0.25, -0.2) is 9.97 Å². The van der Waals surface area contributed by atoms with Crippen molar-refractivity contribution in [3.05, 3.63) is 60.3 Å². The number of anilines is 2. The van der Waals surface area contributed by atoms with Crippen LogP contribution in [0.15, 0.2) is 54.6 Å². The van der Waals surface area contributed by atoms with Crippen LogP contribution in [0, 0.1) is 6.92 Å². The lowest BCUT2D eigenvalue weighted by molar-refractivity contribution is 0.223. The number of likely N-dealkylation sites (N-methyl/N-ethyl adjacent to an activating group) is 1. The molecule has 1 heterocycles. The smallest absolute Gasteiger partial charge is 0.227 e. The fourth-order valence-electron chi connectivity index (χ4n) is 3.13. The van der Waals surface area contributed by atoms with Crippen LogP contribution in [0.25, 0.3) is 11.3 Å². The third kappa shape index (κ3) is 5.94. The molecule has 158 valence electrons. The molecule has 0 aliphatic heterocycles. The van der Waals surface area contributed by atoms with Crippen LogP contribution >= 0.6 is 0 Å². The van der Waals surface area contributed by atoms with Gasteiger partial charge in [0.05, 0.1) is 12.8 Å². The Kier molecular flexibility index (Phi) is 7.63. The van der Waals surface area contributed by atoms with Crippen LogP contribution in [-0.4, -0.2) is 48.2 Å². The first-order chi connectivity index (χ1) is 14.6. The second-order valence-electron chi connectivity index (χ2n) is 6.97. The van der Waals surface area contributed by atoms with E-state index in [1.54, 1.807) is 7.11 Å². The number of methoxy groups -OCH3 is 1. The number of hydrogen-bond acceptors (Lipinski definition) is 6. The number of aromatic nitrogens is 2. The van der Waals surface area contributed by atoms with E-state index in [-0.39, 0.29) is 0 Å². The summed E-state index contributed by atoms with van der Waals surface area (Å²) < 4.78 is 11.1. The number of hydrogen-bond donors (Lipinski definition) is 1. The van der Waals surface area contributed by atoms with Crippen molar-refractivity contribution in [3.8, 4) is 22.8 Å². The van der Waals surface area contributed by atoms with Gasteiger partial charge in [0.2, 0.25) is 5.95 Å². The van der Waals surface area contributed by atoms with Crippen molar-refractivity contribution < 1.29 is 9.47 Å². The fourth-order valence-corrected chi connectivity index (χ4v) is 3.13. The molecule has 0 bridgehead atoms. The highest BCUT2D eigenvalue weighted by atomic mass is 16.5. The Balaban J connectivity index is 1.65. The van der Waals surface area contributed by atoms with Crippen LogP contribution in [0.3, 0.4) is 0 Å². The van der Waals surface area contributed by atoms with E-state index < -0.39 is 0 Å². The third-order valence-electron chi connectivity index (χ3n) is 4.92. The molecule has 2 aromatic carbocycles. The molecule has 30 heavy (non-hydrogen) atoms. The van der Waals surface area contributed by atoms with E-state index in [1.807, 2.05) is 61.5 Å². The van der Waals surface area contributed by atoms with Gasteiger partial charge in [0.15, 0.2) is 0 Å². The van der Waals surface area contributed by atoms with E-state index in [0.29, 0.717) is 12.6 Å². The number of rotatable bonds is 10. The van der Waals surface area contributed by atoms with Gasteiger partial charge in [-0.1, -0.05) is 13.8 Å². The molecule has 0 aliphatic carbocycles. The first kappa shape index (κ1) is 21.6. The van der Waals surface area contributed by atoms with Gasteiger partial charge in [0, 0.05) is 23.5 Å². The highest BCUT2D eigenvalue weighted by Crippen LogP contribution is 2.24. The standard InChI is InChI=1S/C24H30N4O2/c1-5-28(6-2)15-16-30-22-13-9-20(10-14-22)26-24-25-18(3)17-23(27-24)19-7-11-21(29-4)12-8-19/h7-14,17H,5-6,15-16H2,1-4H3,(H,25,26,27). The molecule has 0 aliphatic rings. The van der Waals surface area contributed by atoms with Crippen molar-refractivity contribution in [2.45, 2.75) is 20.8 Å². The maximum atomic E-state index is 5.85. The molecule has 0 fully saturated rings. The SMILES string of the molecule is CCN(CC)CCOc1ccc(Nc2nc(C)cc(-c3ccc(OC)cc3)n2)cc1. The van der Waals surface area contributed by atoms with Crippen LogP contribution in [0.2, 0.25) is 0 Å². The van der Waals surface area contributed by atoms with Crippen LogP contribution in [-0.2, 0) is 0 Å². The summed E-state index contributed by atoms with van der Waals surface area (Å²) in [7, 11) is 1.66. The lowest BCUT2D eigenvalue weighted by Crippen LogP contribution is -2.27. The molecule has 6 nitrogen and oxygen atoms in total. The van der Waals surface area contributed by atoms with E-state index >= 15 is 0 Å². The Bertz CT molecular complexity index is 923. The van der Waals surface area contributed by atoms with Gasteiger partial charge in [0.1, 0.15) is 18.1 Å². The second-order valence-corrected chi connectivity index (χ2v) is 6.97. The van der Waals surface area contributed by atoms with E-state index in [2.05, 4.69) is 34.0 Å². The highest BCUT2D eigenvalue weighted by Gasteiger charge is 2.06. The Hall–Kier alpha value is -3.12. The number of nitrogens with zero attached hydrogens (tertiary/aromatic N) is 3. The molecule has 3 rings (SSSR count). The lowest BCUT2D eigenvalue weighted by atomic mass is 10.1. The summed E-state index contributed by atoms with van der Waals surface area (Å²) in [6.07, 6.45) is 0. The summed E-state index contributed by atoms with van der Waals surface area (Å²) in [6, 6.07) is 17.7.